The first kappa shape index (κ1) is 16.5. The van der Waals surface area contributed by atoms with Crippen molar-refractivity contribution in [2.75, 3.05) is 27.8 Å². The number of methoxy groups -OCH3 is 2. The number of unbranched alkanes of at least 4 members (excludes halogenated alkanes) is 1. The lowest BCUT2D eigenvalue weighted by Crippen LogP contribution is -2.18. The van der Waals surface area contributed by atoms with E-state index in [0.29, 0.717) is 18.0 Å². The van der Waals surface area contributed by atoms with Crippen molar-refractivity contribution in [1.82, 2.24) is 15.3 Å². The molecular weight excluding hydrogens is 280 g/mol. The van der Waals surface area contributed by atoms with Crippen LogP contribution in [0.5, 0.6) is 11.5 Å². The lowest BCUT2D eigenvalue weighted by atomic mass is 10.0. The van der Waals surface area contributed by atoms with Gasteiger partial charge in [0.2, 0.25) is 0 Å². The van der Waals surface area contributed by atoms with Crippen LogP contribution in [0.1, 0.15) is 31.0 Å². The molecule has 1 aromatic carbocycles. The minimum absolute atomic E-state index is 0.162. The molecular formula is C16H24N4O2. The van der Waals surface area contributed by atoms with Gasteiger partial charge < -0.3 is 20.5 Å². The summed E-state index contributed by atoms with van der Waals surface area (Å²) in [5, 5.41) is 4.31. The number of hydrogen-bond donors (Lipinski definition) is 2. The number of aromatic nitrogens is 2. The Morgan fingerprint density at radius 3 is 2.50 bits per heavy atom. The van der Waals surface area contributed by atoms with Crippen LogP contribution < -0.4 is 20.5 Å². The molecule has 1 aromatic heterocycles. The zero-order chi connectivity index (χ0) is 15.9. The van der Waals surface area contributed by atoms with E-state index < -0.39 is 0 Å². The molecule has 2 aromatic rings. The molecule has 0 radical (unpaired) electrons. The minimum Gasteiger partial charge on any atom is -0.493 e. The zero-order valence-electron chi connectivity index (χ0n) is 13.4. The van der Waals surface area contributed by atoms with Crippen molar-refractivity contribution in [2.45, 2.75) is 25.3 Å². The molecule has 1 unspecified atom stereocenters. The molecule has 0 aliphatic heterocycles. The van der Waals surface area contributed by atoms with Crippen molar-refractivity contribution in [3.05, 3.63) is 24.2 Å². The van der Waals surface area contributed by atoms with Crippen molar-refractivity contribution in [3.63, 3.8) is 0 Å². The summed E-state index contributed by atoms with van der Waals surface area (Å²) >= 11 is 0. The van der Waals surface area contributed by atoms with Crippen molar-refractivity contribution >= 4 is 10.9 Å². The van der Waals surface area contributed by atoms with Crippen LogP contribution in [0.2, 0.25) is 0 Å². The number of rotatable bonds is 8. The van der Waals surface area contributed by atoms with Crippen LogP contribution in [0.15, 0.2) is 18.5 Å². The van der Waals surface area contributed by atoms with Gasteiger partial charge in [0.15, 0.2) is 11.5 Å². The second-order valence-electron chi connectivity index (χ2n) is 5.11. The van der Waals surface area contributed by atoms with Gasteiger partial charge in [-0.2, -0.15) is 0 Å². The highest BCUT2D eigenvalue weighted by molar-refractivity contribution is 5.85. The minimum atomic E-state index is 0.162. The predicted octanol–water partition coefficient (Wildman–Crippen LogP) is 2.04. The molecule has 0 aliphatic carbocycles. The number of ether oxygens (including phenoxy) is 2. The summed E-state index contributed by atoms with van der Waals surface area (Å²) in [5.41, 5.74) is 7.40. The fourth-order valence-corrected chi connectivity index (χ4v) is 2.59. The second-order valence-corrected chi connectivity index (χ2v) is 5.11. The van der Waals surface area contributed by atoms with Gasteiger partial charge in [-0.05, 0) is 32.5 Å². The lowest BCUT2D eigenvalue weighted by molar-refractivity contribution is 0.355. The Kier molecular flexibility index (Phi) is 5.91. The van der Waals surface area contributed by atoms with Gasteiger partial charge in [-0.3, -0.25) is 0 Å². The average molecular weight is 304 g/mol. The summed E-state index contributed by atoms with van der Waals surface area (Å²) in [4.78, 5) is 8.83. The number of hydrogen-bond acceptors (Lipinski definition) is 6. The van der Waals surface area contributed by atoms with Gasteiger partial charge in [-0.1, -0.05) is 6.42 Å². The first-order valence-corrected chi connectivity index (χ1v) is 7.49. The third-order valence-electron chi connectivity index (χ3n) is 3.80. The summed E-state index contributed by atoms with van der Waals surface area (Å²) in [6, 6.07) is 3.98. The Morgan fingerprint density at radius 1 is 1.14 bits per heavy atom. The van der Waals surface area contributed by atoms with Crippen molar-refractivity contribution in [3.8, 4) is 11.5 Å². The van der Waals surface area contributed by atoms with Crippen LogP contribution in [0.25, 0.3) is 10.9 Å². The predicted molar refractivity (Wildman–Crippen MR) is 87.3 cm³/mol. The molecule has 0 aliphatic rings. The molecule has 0 saturated heterocycles. The van der Waals surface area contributed by atoms with E-state index in [-0.39, 0.29) is 6.04 Å². The van der Waals surface area contributed by atoms with Gasteiger partial charge >= 0.3 is 0 Å². The molecule has 6 nitrogen and oxygen atoms in total. The van der Waals surface area contributed by atoms with E-state index in [4.69, 9.17) is 15.2 Å². The van der Waals surface area contributed by atoms with E-state index in [1.54, 1.807) is 20.5 Å². The van der Waals surface area contributed by atoms with E-state index in [1.807, 2.05) is 19.2 Å². The van der Waals surface area contributed by atoms with Gasteiger partial charge in [-0.25, -0.2) is 9.97 Å². The summed E-state index contributed by atoms with van der Waals surface area (Å²) in [5.74, 6) is 1.35. The van der Waals surface area contributed by atoms with E-state index >= 15 is 0 Å². The number of nitrogens with zero attached hydrogens (tertiary/aromatic N) is 2. The van der Waals surface area contributed by atoms with Gasteiger partial charge in [0.1, 0.15) is 6.33 Å². The number of nitrogens with two attached hydrogens (primary N) is 1. The standard InChI is InChI=1S/C16H24N4O2/c1-18-12(6-4-5-7-17)16-11-8-14(21-2)15(22-3)9-13(11)19-10-20-16/h8-10,12,18H,4-7,17H2,1-3H3. The molecule has 0 bridgehead atoms. The topological polar surface area (TPSA) is 82.3 Å². The van der Waals surface area contributed by atoms with Crippen LogP contribution >= 0.6 is 0 Å². The Morgan fingerprint density at radius 2 is 1.86 bits per heavy atom. The van der Waals surface area contributed by atoms with Gasteiger partial charge in [0, 0.05) is 17.5 Å². The zero-order valence-corrected chi connectivity index (χ0v) is 13.4. The maximum atomic E-state index is 5.58. The highest BCUT2D eigenvalue weighted by atomic mass is 16.5. The van der Waals surface area contributed by atoms with E-state index in [0.717, 1.165) is 35.9 Å². The van der Waals surface area contributed by atoms with Crippen LogP contribution in [0.4, 0.5) is 0 Å². The highest BCUT2D eigenvalue weighted by Gasteiger charge is 2.17. The summed E-state index contributed by atoms with van der Waals surface area (Å²) in [6.07, 6.45) is 4.64. The van der Waals surface area contributed by atoms with E-state index in [2.05, 4.69) is 15.3 Å². The quantitative estimate of drug-likeness (QED) is 0.726. The maximum absolute atomic E-state index is 5.58. The SMILES string of the molecule is CNC(CCCCN)c1ncnc2cc(OC)c(OC)cc12. The molecule has 1 heterocycles. The Balaban J connectivity index is 2.44. The molecule has 3 N–H and O–H groups in total. The fraction of sp³-hybridized carbons (Fsp3) is 0.500. The average Bonchev–Trinajstić information content (AvgIpc) is 2.57. The Labute approximate surface area is 131 Å². The smallest absolute Gasteiger partial charge is 0.162 e. The number of nitrogens with one attached hydrogen (secondary N) is 1. The first-order valence-electron chi connectivity index (χ1n) is 7.49. The lowest BCUT2D eigenvalue weighted by Gasteiger charge is -2.18. The molecule has 0 spiro atoms. The summed E-state index contributed by atoms with van der Waals surface area (Å²) < 4.78 is 10.7. The third kappa shape index (κ3) is 3.45. The second kappa shape index (κ2) is 7.91. The van der Waals surface area contributed by atoms with Crippen LogP contribution in [-0.4, -0.2) is 37.8 Å². The molecule has 22 heavy (non-hydrogen) atoms. The molecule has 0 saturated carbocycles. The third-order valence-corrected chi connectivity index (χ3v) is 3.80. The maximum Gasteiger partial charge on any atom is 0.162 e. The molecule has 0 amide bonds. The van der Waals surface area contributed by atoms with Gasteiger partial charge in [0.05, 0.1) is 25.4 Å². The van der Waals surface area contributed by atoms with E-state index in [1.165, 1.54) is 0 Å². The highest BCUT2D eigenvalue weighted by Crippen LogP contribution is 2.34. The van der Waals surface area contributed by atoms with Crippen LogP contribution in [0.3, 0.4) is 0 Å². The van der Waals surface area contributed by atoms with Gasteiger partial charge in [0.25, 0.3) is 0 Å². The van der Waals surface area contributed by atoms with Crippen molar-refractivity contribution in [2.24, 2.45) is 5.73 Å². The largest absolute Gasteiger partial charge is 0.493 e. The van der Waals surface area contributed by atoms with Crippen LogP contribution in [-0.2, 0) is 0 Å². The van der Waals surface area contributed by atoms with Crippen molar-refractivity contribution < 1.29 is 9.47 Å². The Bertz CT molecular complexity index is 618. The number of benzene rings is 1. The monoisotopic (exact) mass is 304 g/mol. The molecule has 2 rings (SSSR count). The first-order chi connectivity index (χ1) is 10.7. The molecule has 6 heteroatoms. The normalized spacial score (nSPS) is 12.4. The van der Waals surface area contributed by atoms with Crippen LogP contribution in [0, 0.1) is 0 Å². The fourth-order valence-electron chi connectivity index (χ4n) is 2.59. The summed E-state index contributed by atoms with van der Waals surface area (Å²) in [6.45, 7) is 0.714. The summed E-state index contributed by atoms with van der Waals surface area (Å²) in [7, 11) is 5.20. The van der Waals surface area contributed by atoms with Crippen molar-refractivity contribution in [1.29, 1.82) is 0 Å². The molecule has 120 valence electrons. The number of fused-ring (bicyclic) bond motifs is 1. The van der Waals surface area contributed by atoms with E-state index in [9.17, 15) is 0 Å². The van der Waals surface area contributed by atoms with Gasteiger partial charge in [-0.15, -0.1) is 0 Å². The Hall–Kier alpha value is -1.92. The molecule has 1 atom stereocenters. The molecule has 0 fully saturated rings.